The van der Waals surface area contributed by atoms with Gasteiger partial charge in [-0.25, -0.2) is 0 Å². The number of aryl methyl sites for hydroxylation is 1. The molecule has 0 unspecified atom stereocenters. The summed E-state index contributed by atoms with van der Waals surface area (Å²) in [5.41, 5.74) is 1.97. The van der Waals surface area contributed by atoms with Crippen LogP contribution in [0.3, 0.4) is 0 Å². The number of anilines is 1. The van der Waals surface area contributed by atoms with Crippen LogP contribution in [0.2, 0.25) is 0 Å². The van der Waals surface area contributed by atoms with E-state index in [1.54, 1.807) is 7.05 Å². The van der Waals surface area contributed by atoms with E-state index in [1.165, 1.54) is 5.56 Å². The summed E-state index contributed by atoms with van der Waals surface area (Å²) < 4.78 is 5.64. The van der Waals surface area contributed by atoms with Gasteiger partial charge in [-0.2, -0.15) is 0 Å². The Labute approximate surface area is 171 Å². The lowest BCUT2D eigenvalue weighted by Gasteiger charge is -2.12. The maximum Gasteiger partial charge on any atom is 0.243 e. The van der Waals surface area contributed by atoms with Gasteiger partial charge in [-0.05, 0) is 31.2 Å². The molecule has 0 aromatic heterocycles. The topological polar surface area (TPSA) is 74.8 Å². The van der Waals surface area contributed by atoms with Crippen LogP contribution < -0.4 is 20.7 Å². The van der Waals surface area contributed by atoms with E-state index in [-0.39, 0.29) is 36.4 Å². The van der Waals surface area contributed by atoms with E-state index < -0.39 is 0 Å². The number of benzene rings is 2. The number of halogens is 1. The van der Waals surface area contributed by atoms with Crippen molar-refractivity contribution in [1.82, 2.24) is 10.6 Å². The monoisotopic (exact) mass is 468 g/mol. The zero-order valence-electron chi connectivity index (χ0n) is 15.0. The van der Waals surface area contributed by atoms with Crippen molar-refractivity contribution in [2.45, 2.75) is 6.92 Å². The molecule has 1 amide bonds. The van der Waals surface area contributed by atoms with Crippen LogP contribution in [0.15, 0.2) is 59.6 Å². The Morgan fingerprint density at radius 2 is 1.73 bits per heavy atom. The molecule has 0 aliphatic carbocycles. The molecular weight excluding hydrogens is 443 g/mol. The third-order valence-electron chi connectivity index (χ3n) is 3.38. The average Bonchev–Trinajstić information content (AvgIpc) is 2.63. The minimum Gasteiger partial charge on any atom is -0.492 e. The van der Waals surface area contributed by atoms with Crippen molar-refractivity contribution in [2.24, 2.45) is 4.99 Å². The molecule has 0 aliphatic heterocycles. The lowest BCUT2D eigenvalue weighted by molar-refractivity contribution is -0.115. The molecule has 0 atom stereocenters. The third-order valence-corrected chi connectivity index (χ3v) is 3.38. The summed E-state index contributed by atoms with van der Waals surface area (Å²) in [7, 11) is 1.66. The third kappa shape index (κ3) is 8.19. The fourth-order valence-corrected chi connectivity index (χ4v) is 2.08. The fraction of sp³-hybridized carbons (Fsp3) is 0.263. The number of nitrogens with one attached hydrogen (secondary N) is 3. The maximum absolute atomic E-state index is 11.9. The summed E-state index contributed by atoms with van der Waals surface area (Å²) in [4.78, 5) is 16.0. The largest absolute Gasteiger partial charge is 0.492 e. The van der Waals surface area contributed by atoms with Crippen molar-refractivity contribution in [3.8, 4) is 5.75 Å². The normalized spacial score (nSPS) is 10.5. The number of rotatable bonds is 7. The van der Waals surface area contributed by atoms with Crippen molar-refractivity contribution < 1.29 is 9.53 Å². The SMILES string of the molecule is CN=C(NCCOc1ccc(C)cc1)NCC(=O)Nc1ccccc1.I. The van der Waals surface area contributed by atoms with Crippen molar-refractivity contribution in [1.29, 1.82) is 0 Å². The molecule has 26 heavy (non-hydrogen) atoms. The number of carbonyl (C=O) groups is 1. The van der Waals surface area contributed by atoms with Gasteiger partial charge in [0.05, 0.1) is 13.1 Å². The molecule has 2 rings (SSSR count). The Balaban J connectivity index is 0.00000338. The molecule has 0 radical (unpaired) electrons. The molecule has 2 aromatic rings. The highest BCUT2D eigenvalue weighted by Crippen LogP contribution is 2.10. The lowest BCUT2D eigenvalue weighted by Crippen LogP contribution is -2.42. The minimum absolute atomic E-state index is 0. The van der Waals surface area contributed by atoms with Crippen molar-refractivity contribution in [3.05, 3.63) is 60.2 Å². The van der Waals surface area contributed by atoms with Crippen LogP contribution in [0.4, 0.5) is 5.69 Å². The molecular formula is C19H25IN4O2. The molecule has 0 aliphatic rings. The highest BCUT2D eigenvalue weighted by atomic mass is 127. The molecule has 0 saturated carbocycles. The predicted octanol–water partition coefficient (Wildman–Crippen LogP) is 2.80. The highest BCUT2D eigenvalue weighted by molar-refractivity contribution is 14.0. The van der Waals surface area contributed by atoms with Crippen molar-refractivity contribution in [3.63, 3.8) is 0 Å². The molecule has 0 fully saturated rings. The molecule has 0 bridgehead atoms. The van der Waals surface area contributed by atoms with Gasteiger partial charge in [0, 0.05) is 12.7 Å². The minimum atomic E-state index is -0.134. The maximum atomic E-state index is 11.9. The summed E-state index contributed by atoms with van der Waals surface area (Å²) in [5, 5.41) is 8.88. The zero-order valence-corrected chi connectivity index (χ0v) is 17.3. The molecule has 0 saturated heterocycles. The highest BCUT2D eigenvalue weighted by Gasteiger charge is 2.04. The van der Waals surface area contributed by atoms with E-state index >= 15 is 0 Å². The summed E-state index contributed by atoms with van der Waals surface area (Å²) in [6, 6.07) is 17.2. The van der Waals surface area contributed by atoms with E-state index in [9.17, 15) is 4.79 Å². The second-order valence-corrected chi connectivity index (χ2v) is 5.43. The molecule has 0 spiro atoms. The van der Waals surface area contributed by atoms with E-state index in [4.69, 9.17) is 4.74 Å². The van der Waals surface area contributed by atoms with Crippen LogP contribution in [0.25, 0.3) is 0 Å². The van der Waals surface area contributed by atoms with Gasteiger partial charge in [0.15, 0.2) is 5.96 Å². The van der Waals surface area contributed by atoms with Gasteiger partial charge in [-0.1, -0.05) is 35.9 Å². The van der Waals surface area contributed by atoms with Gasteiger partial charge in [0.1, 0.15) is 12.4 Å². The molecule has 3 N–H and O–H groups in total. The first-order chi connectivity index (χ1) is 12.2. The van der Waals surface area contributed by atoms with Crippen LogP contribution in [-0.2, 0) is 4.79 Å². The first kappa shape index (κ1) is 21.8. The van der Waals surface area contributed by atoms with E-state index in [0.29, 0.717) is 19.1 Å². The van der Waals surface area contributed by atoms with Crippen LogP contribution in [0.1, 0.15) is 5.56 Å². The molecule has 6 nitrogen and oxygen atoms in total. The van der Waals surface area contributed by atoms with Gasteiger partial charge in [0.2, 0.25) is 5.91 Å². The van der Waals surface area contributed by atoms with E-state index in [0.717, 1.165) is 11.4 Å². The second-order valence-electron chi connectivity index (χ2n) is 5.43. The predicted molar refractivity (Wildman–Crippen MR) is 117 cm³/mol. The molecule has 140 valence electrons. The average molecular weight is 468 g/mol. The van der Waals surface area contributed by atoms with Crippen molar-refractivity contribution in [2.75, 3.05) is 32.1 Å². The second kappa shape index (κ2) is 12.1. The Bertz CT molecular complexity index is 690. The van der Waals surface area contributed by atoms with Crippen LogP contribution in [0.5, 0.6) is 5.75 Å². The number of hydrogen-bond donors (Lipinski definition) is 3. The number of ether oxygens (including phenoxy) is 1. The zero-order chi connectivity index (χ0) is 17.9. The standard InChI is InChI=1S/C19H24N4O2.HI/c1-15-8-10-17(11-9-15)25-13-12-21-19(20-2)22-14-18(24)23-16-6-4-3-5-7-16;/h3-11H,12-14H2,1-2H3,(H,23,24)(H2,20,21,22);1H. The van der Waals surface area contributed by atoms with Crippen LogP contribution >= 0.6 is 24.0 Å². The van der Waals surface area contributed by atoms with Gasteiger partial charge >= 0.3 is 0 Å². The smallest absolute Gasteiger partial charge is 0.243 e. The van der Waals surface area contributed by atoms with Gasteiger partial charge < -0.3 is 20.7 Å². The number of carbonyl (C=O) groups excluding carboxylic acids is 1. The van der Waals surface area contributed by atoms with E-state index in [2.05, 4.69) is 20.9 Å². The number of hydrogen-bond acceptors (Lipinski definition) is 3. The number of para-hydroxylation sites is 1. The first-order valence-corrected chi connectivity index (χ1v) is 8.16. The van der Waals surface area contributed by atoms with Gasteiger partial charge in [0.25, 0.3) is 0 Å². The number of amides is 1. The molecule has 2 aromatic carbocycles. The Hall–Kier alpha value is -2.29. The first-order valence-electron chi connectivity index (χ1n) is 8.16. The Kier molecular flexibility index (Phi) is 10.1. The summed E-state index contributed by atoms with van der Waals surface area (Å²) in [6.07, 6.45) is 0. The molecule has 7 heteroatoms. The Morgan fingerprint density at radius 1 is 1.04 bits per heavy atom. The van der Waals surface area contributed by atoms with Crippen LogP contribution in [-0.4, -0.2) is 38.6 Å². The molecule has 0 heterocycles. The summed E-state index contributed by atoms with van der Waals surface area (Å²) >= 11 is 0. The number of guanidine groups is 1. The quantitative estimate of drug-likeness (QED) is 0.253. The fourth-order valence-electron chi connectivity index (χ4n) is 2.08. The Morgan fingerprint density at radius 3 is 2.38 bits per heavy atom. The van der Waals surface area contributed by atoms with Gasteiger partial charge in [-0.3, -0.25) is 9.79 Å². The van der Waals surface area contributed by atoms with Crippen LogP contribution in [0, 0.1) is 6.92 Å². The summed E-state index contributed by atoms with van der Waals surface area (Å²) in [6.45, 7) is 3.25. The number of nitrogens with zero attached hydrogens (tertiary/aromatic N) is 1. The summed E-state index contributed by atoms with van der Waals surface area (Å²) in [5.74, 6) is 1.25. The van der Waals surface area contributed by atoms with Crippen molar-refractivity contribution >= 4 is 41.5 Å². The van der Waals surface area contributed by atoms with E-state index in [1.807, 2.05) is 61.5 Å². The number of aliphatic imine (C=N–C) groups is 1. The lowest BCUT2D eigenvalue weighted by atomic mass is 10.2. The van der Waals surface area contributed by atoms with Gasteiger partial charge in [-0.15, -0.1) is 24.0 Å².